The van der Waals surface area contributed by atoms with Crippen molar-refractivity contribution in [3.8, 4) is 0 Å². The molecule has 0 unspecified atom stereocenters. The summed E-state index contributed by atoms with van der Waals surface area (Å²) in [6.45, 7) is 3.57. The van der Waals surface area contributed by atoms with Gasteiger partial charge in [0, 0.05) is 31.1 Å². The Bertz CT molecular complexity index is 1180. The normalized spacial score (nSPS) is 15.1. The second-order valence-electron chi connectivity index (χ2n) is 9.86. The predicted octanol–water partition coefficient (Wildman–Crippen LogP) is 4.55. The second-order valence-corrected chi connectivity index (χ2v) is 11.8. The molecule has 1 aliphatic rings. The van der Waals surface area contributed by atoms with Gasteiger partial charge in [0.15, 0.2) is 0 Å². The van der Waals surface area contributed by atoms with E-state index in [4.69, 9.17) is 0 Å². The van der Waals surface area contributed by atoms with E-state index in [1.165, 1.54) is 15.3 Å². The first-order valence-electron chi connectivity index (χ1n) is 12.9. The number of carbonyl (C=O) groups excluding carboxylic acids is 2. The number of hydrogen-bond donors (Lipinski definition) is 1. The maximum atomic E-state index is 14.5. The lowest BCUT2D eigenvalue weighted by Crippen LogP contribution is -2.50. The highest BCUT2D eigenvalue weighted by Crippen LogP contribution is 2.23. The molecule has 1 fully saturated rings. The monoisotopic (exact) mass is 531 g/mol. The summed E-state index contributed by atoms with van der Waals surface area (Å²) in [6, 6.07) is 12.7. The Hall–Kier alpha value is -2.94. The SMILES string of the molecule is Cc1ccccc1N(CCCC(=O)N(Cc1ccccc1F)[C@H](C)C(=O)NC1CCCCC1)S(C)(=O)=O. The minimum absolute atomic E-state index is 0.0212. The largest absolute Gasteiger partial charge is 0.352 e. The molecule has 0 heterocycles. The molecule has 0 saturated heterocycles. The molecule has 7 nitrogen and oxygen atoms in total. The van der Waals surface area contributed by atoms with Gasteiger partial charge in [-0.25, -0.2) is 12.8 Å². The molecule has 2 aromatic rings. The lowest BCUT2D eigenvalue weighted by molar-refractivity contribution is -0.141. The second kappa shape index (κ2) is 13.0. The summed E-state index contributed by atoms with van der Waals surface area (Å²) in [5.74, 6) is -1.02. The van der Waals surface area contributed by atoms with Crippen LogP contribution in [0.4, 0.5) is 10.1 Å². The van der Waals surface area contributed by atoms with Crippen LogP contribution in [-0.2, 0) is 26.2 Å². The minimum atomic E-state index is -3.56. The Labute approximate surface area is 220 Å². The summed E-state index contributed by atoms with van der Waals surface area (Å²) >= 11 is 0. The third-order valence-corrected chi connectivity index (χ3v) is 8.13. The van der Waals surface area contributed by atoms with Crippen LogP contribution in [0.25, 0.3) is 0 Å². The van der Waals surface area contributed by atoms with E-state index in [1.807, 2.05) is 19.1 Å². The predicted molar refractivity (Wildman–Crippen MR) is 144 cm³/mol. The Morgan fingerprint density at radius 3 is 2.35 bits per heavy atom. The molecule has 2 aromatic carbocycles. The number of hydrogen-bond acceptors (Lipinski definition) is 4. The van der Waals surface area contributed by atoms with E-state index in [0.29, 0.717) is 11.3 Å². The minimum Gasteiger partial charge on any atom is -0.352 e. The lowest BCUT2D eigenvalue weighted by atomic mass is 9.95. The first-order chi connectivity index (χ1) is 17.6. The molecule has 37 heavy (non-hydrogen) atoms. The maximum Gasteiger partial charge on any atom is 0.242 e. The average Bonchev–Trinajstić information content (AvgIpc) is 2.86. The number of nitrogens with zero attached hydrogens (tertiary/aromatic N) is 2. The van der Waals surface area contributed by atoms with E-state index in [0.717, 1.165) is 43.9 Å². The van der Waals surface area contributed by atoms with Gasteiger partial charge in [-0.15, -0.1) is 0 Å². The fourth-order valence-electron chi connectivity index (χ4n) is 4.79. The van der Waals surface area contributed by atoms with E-state index < -0.39 is 21.9 Å². The molecule has 202 valence electrons. The van der Waals surface area contributed by atoms with Crippen LogP contribution in [0.5, 0.6) is 0 Å². The van der Waals surface area contributed by atoms with Crippen LogP contribution in [0.1, 0.15) is 63.0 Å². The smallest absolute Gasteiger partial charge is 0.242 e. The first kappa shape index (κ1) is 28.6. The Balaban J connectivity index is 1.73. The fraction of sp³-hybridized carbons (Fsp3) is 0.500. The van der Waals surface area contributed by atoms with Crippen molar-refractivity contribution in [1.82, 2.24) is 10.2 Å². The number of carbonyl (C=O) groups is 2. The van der Waals surface area contributed by atoms with Crippen LogP contribution in [0.3, 0.4) is 0 Å². The van der Waals surface area contributed by atoms with Crippen LogP contribution < -0.4 is 9.62 Å². The van der Waals surface area contributed by atoms with Gasteiger partial charge in [-0.1, -0.05) is 55.7 Å². The van der Waals surface area contributed by atoms with Gasteiger partial charge < -0.3 is 10.2 Å². The standard InChI is InChI=1S/C28H38FN3O4S/c1-21-12-7-10-17-26(21)32(37(3,35)36)19-11-18-27(33)31(20-23-13-8-9-16-25(23)29)22(2)28(34)30-24-14-5-4-6-15-24/h7-10,12-13,16-17,22,24H,4-6,11,14-15,18-20H2,1-3H3,(H,30,34)/t22-/m1/s1. The third-order valence-electron chi connectivity index (χ3n) is 6.95. The van der Waals surface area contributed by atoms with Gasteiger partial charge in [0.25, 0.3) is 0 Å². The number of rotatable bonds is 11. The van der Waals surface area contributed by atoms with Gasteiger partial charge in [0.05, 0.1) is 11.9 Å². The number of anilines is 1. The number of halogens is 1. The quantitative estimate of drug-likeness (QED) is 0.461. The molecule has 9 heteroatoms. The number of benzene rings is 2. The van der Waals surface area contributed by atoms with Crippen molar-refractivity contribution in [2.75, 3.05) is 17.1 Å². The van der Waals surface area contributed by atoms with Crippen molar-refractivity contribution in [3.63, 3.8) is 0 Å². The molecule has 0 spiro atoms. The van der Waals surface area contributed by atoms with E-state index in [9.17, 15) is 22.4 Å². The van der Waals surface area contributed by atoms with Gasteiger partial charge >= 0.3 is 0 Å². The summed E-state index contributed by atoms with van der Waals surface area (Å²) in [6.07, 6.45) is 6.54. The van der Waals surface area contributed by atoms with Crippen molar-refractivity contribution in [1.29, 1.82) is 0 Å². The number of para-hydroxylation sites is 1. The lowest BCUT2D eigenvalue weighted by Gasteiger charge is -2.31. The molecule has 0 radical (unpaired) electrons. The molecule has 1 atom stereocenters. The van der Waals surface area contributed by atoms with Gasteiger partial charge in [-0.05, 0) is 50.8 Å². The summed E-state index contributed by atoms with van der Waals surface area (Å²) < 4.78 is 40.7. The van der Waals surface area contributed by atoms with E-state index in [1.54, 1.807) is 37.3 Å². The Morgan fingerprint density at radius 2 is 1.70 bits per heavy atom. The zero-order chi connectivity index (χ0) is 27.0. The van der Waals surface area contributed by atoms with Gasteiger partial charge in [-0.2, -0.15) is 0 Å². The summed E-state index contributed by atoms with van der Waals surface area (Å²) in [5, 5.41) is 3.06. The number of amides is 2. The van der Waals surface area contributed by atoms with Crippen molar-refractivity contribution < 1.29 is 22.4 Å². The molecule has 2 amide bonds. The van der Waals surface area contributed by atoms with E-state index in [2.05, 4.69) is 5.32 Å². The highest BCUT2D eigenvalue weighted by molar-refractivity contribution is 7.92. The Kier molecular flexibility index (Phi) is 10.1. The van der Waals surface area contributed by atoms with E-state index >= 15 is 0 Å². The van der Waals surface area contributed by atoms with Gasteiger partial charge in [0.1, 0.15) is 11.9 Å². The molecule has 1 saturated carbocycles. The summed E-state index contributed by atoms with van der Waals surface area (Å²) in [7, 11) is -3.56. The van der Waals surface area contributed by atoms with E-state index in [-0.39, 0.29) is 43.8 Å². The van der Waals surface area contributed by atoms with Crippen molar-refractivity contribution in [2.45, 2.75) is 77.4 Å². The molecule has 1 aliphatic carbocycles. The summed E-state index contributed by atoms with van der Waals surface area (Å²) in [5.41, 5.74) is 1.71. The highest BCUT2D eigenvalue weighted by atomic mass is 32.2. The number of aryl methyl sites for hydroxylation is 1. The molecule has 0 aliphatic heterocycles. The number of sulfonamides is 1. The molecular weight excluding hydrogens is 493 g/mol. The van der Waals surface area contributed by atoms with Crippen LogP contribution in [0.2, 0.25) is 0 Å². The van der Waals surface area contributed by atoms with Crippen LogP contribution in [0.15, 0.2) is 48.5 Å². The van der Waals surface area contributed by atoms with Crippen molar-refractivity contribution in [3.05, 3.63) is 65.5 Å². The molecule has 1 N–H and O–H groups in total. The maximum absolute atomic E-state index is 14.5. The van der Waals surface area contributed by atoms with Gasteiger partial charge in [-0.3, -0.25) is 13.9 Å². The highest BCUT2D eigenvalue weighted by Gasteiger charge is 2.29. The van der Waals surface area contributed by atoms with Crippen LogP contribution >= 0.6 is 0 Å². The first-order valence-corrected chi connectivity index (χ1v) is 14.8. The zero-order valence-electron chi connectivity index (χ0n) is 22.0. The zero-order valence-corrected chi connectivity index (χ0v) is 22.8. The fourth-order valence-corrected chi connectivity index (χ4v) is 5.81. The Morgan fingerprint density at radius 1 is 1.05 bits per heavy atom. The molecule has 0 bridgehead atoms. The average molecular weight is 532 g/mol. The molecule has 3 rings (SSSR count). The van der Waals surface area contributed by atoms with Crippen LogP contribution in [-0.4, -0.2) is 50.0 Å². The van der Waals surface area contributed by atoms with Gasteiger partial charge in [0.2, 0.25) is 21.8 Å². The topological polar surface area (TPSA) is 86.8 Å². The third kappa shape index (κ3) is 8.02. The van der Waals surface area contributed by atoms with Crippen molar-refractivity contribution >= 4 is 27.5 Å². The van der Waals surface area contributed by atoms with Crippen LogP contribution in [0, 0.1) is 12.7 Å². The number of nitrogens with one attached hydrogen (secondary N) is 1. The molecular formula is C28H38FN3O4S. The summed E-state index contributed by atoms with van der Waals surface area (Å²) in [4.78, 5) is 27.9. The van der Waals surface area contributed by atoms with Crippen molar-refractivity contribution in [2.24, 2.45) is 0 Å². The molecule has 0 aromatic heterocycles.